The average Bonchev–Trinajstić information content (AvgIpc) is 2.53. The van der Waals surface area contributed by atoms with Crippen molar-refractivity contribution in [2.45, 2.75) is 6.10 Å². The molecule has 114 valence electrons. The van der Waals surface area contributed by atoms with E-state index in [2.05, 4.69) is 10.6 Å². The van der Waals surface area contributed by atoms with Crippen molar-refractivity contribution in [1.29, 1.82) is 0 Å². The van der Waals surface area contributed by atoms with E-state index < -0.39 is 17.9 Å². The van der Waals surface area contributed by atoms with Gasteiger partial charge in [0.1, 0.15) is 0 Å². The molecule has 2 aromatic rings. The van der Waals surface area contributed by atoms with Crippen molar-refractivity contribution in [2.75, 3.05) is 11.9 Å². The van der Waals surface area contributed by atoms with Crippen LogP contribution in [-0.2, 0) is 9.59 Å². The molecule has 0 bridgehead atoms. The van der Waals surface area contributed by atoms with Gasteiger partial charge < -0.3 is 15.7 Å². The summed E-state index contributed by atoms with van der Waals surface area (Å²) in [6.45, 7) is -0.106. The van der Waals surface area contributed by atoms with Crippen LogP contribution in [-0.4, -0.2) is 23.5 Å². The fraction of sp³-hybridized carbons (Fsp3) is 0.125. The Morgan fingerprint density at radius 1 is 1.00 bits per heavy atom. The number of para-hydroxylation sites is 1. The number of aliphatic hydroxyl groups excluding tert-OH is 1. The largest absolute Gasteiger partial charge is 0.387 e. The zero-order valence-corrected chi connectivity index (χ0v) is 12.4. The van der Waals surface area contributed by atoms with Crippen molar-refractivity contribution in [2.24, 2.45) is 0 Å². The molecule has 0 aliphatic heterocycles. The maximum atomic E-state index is 11.7. The van der Waals surface area contributed by atoms with Crippen LogP contribution in [0.2, 0.25) is 5.02 Å². The highest BCUT2D eigenvalue weighted by molar-refractivity contribution is 6.39. The standard InChI is InChI=1S/C16H15ClN2O3/c17-13-9-5-4-8-12(13)14(20)10-18-15(21)16(22)19-11-6-2-1-3-7-11/h1-9,14,20H,10H2,(H,18,21)(H,19,22)/t14-/m0/s1. The molecule has 0 heterocycles. The van der Waals surface area contributed by atoms with Gasteiger partial charge >= 0.3 is 11.8 Å². The van der Waals surface area contributed by atoms with E-state index in [4.69, 9.17) is 11.6 Å². The average molecular weight is 319 g/mol. The molecule has 0 saturated heterocycles. The van der Waals surface area contributed by atoms with E-state index in [1.165, 1.54) is 0 Å². The predicted molar refractivity (Wildman–Crippen MR) is 84.5 cm³/mol. The molecule has 0 aromatic heterocycles. The second-order valence-corrected chi connectivity index (χ2v) is 4.97. The highest BCUT2D eigenvalue weighted by Gasteiger charge is 2.17. The Kier molecular flexibility index (Phi) is 5.52. The Morgan fingerprint density at radius 3 is 2.32 bits per heavy atom. The quantitative estimate of drug-likeness (QED) is 0.756. The third-order valence-electron chi connectivity index (χ3n) is 2.96. The number of anilines is 1. The molecule has 0 fully saturated rings. The van der Waals surface area contributed by atoms with Gasteiger partial charge in [-0.3, -0.25) is 9.59 Å². The van der Waals surface area contributed by atoms with Crippen LogP contribution < -0.4 is 10.6 Å². The SMILES string of the molecule is O=C(NC[C@H](O)c1ccccc1Cl)C(=O)Nc1ccccc1. The smallest absolute Gasteiger partial charge is 0.313 e. The monoisotopic (exact) mass is 318 g/mol. The first kappa shape index (κ1) is 16.0. The van der Waals surface area contributed by atoms with Crippen LogP contribution in [0, 0.1) is 0 Å². The number of hydrogen-bond donors (Lipinski definition) is 3. The molecule has 0 saturated carbocycles. The van der Waals surface area contributed by atoms with Gasteiger partial charge in [-0.05, 0) is 18.2 Å². The molecule has 0 aliphatic carbocycles. The predicted octanol–water partition coefficient (Wildman–Crippen LogP) is 2.13. The lowest BCUT2D eigenvalue weighted by atomic mass is 10.1. The molecule has 1 atom stereocenters. The van der Waals surface area contributed by atoms with Crippen molar-refractivity contribution in [3.05, 3.63) is 65.2 Å². The van der Waals surface area contributed by atoms with Gasteiger partial charge in [-0.15, -0.1) is 0 Å². The number of amides is 2. The lowest BCUT2D eigenvalue weighted by molar-refractivity contribution is -0.136. The third-order valence-corrected chi connectivity index (χ3v) is 3.30. The van der Waals surface area contributed by atoms with Gasteiger partial charge in [0.2, 0.25) is 0 Å². The summed E-state index contributed by atoms with van der Waals surface area (Å²) in [6.07, 6.45) is -0.984. The van der Waals surface area contributed by atoms with Crippen molar-refractivity contribution < 1.29 is 14.7 Å². The summed E-state index contributed by atoms with van der Waals surface area (Å²) in [5.74, 6) is -1.62. The maximum absolute atomic E-state index is 11.7. The topological polar surface area (TPSA) is 78.4 Å². The molecular formula is C16H15ClN2O3. The van der Waals surface area contributed by atoms with E-state index in [1.54, 1.807) is 54.6 Å². The lowest BCUT2D eigenvalue weighted by Crippen LogP contribution is -2.37. The summed E-state index contributed by atoms with van der Waals surface area (Å²) < 4.78 is 0. The molecule has 0 aliphatic rings. The van der Waals surface area contributed by atoms with Crippen molar-refractivity contribution >= 4 is 29.1 Å². The Balaban J connectivity index is 1.87. The molecule has 0 spiro atoms. The second kappa shape index (κ2) is 7.59. The van der Waals surface area contributed by atoms with E-state index in [0.29, 0.717) is 16.3 Å². The fourth-order valence-electron chi connectivity index (χ4n) is 1.83. The molecule has 0 radical (unpaired) electrons. The zero-order valence-electron chi connectivity index (χ0n) is 11.6. The van der Waals surface area contributed by atoms with E-state index in [-0.39, 0.29) is 6.54 Å². The van der Waals surface area contributed by atoms with Crippen molar-refractivity contribution in [3.63, 3.8) is 0 Å². The lowest BCUT2D eigenvalue weighted by Gasteiger charge is -2.13. The summed E-state index contributed by atoms with van der Waals surface area (Å²) in [5, 5.41) is 15.2. The van der Waals surface area contributed by atoms with Crippen LogP contribution in [0.4, 0.5) is 5.69 Å². The molecule has 3 N–H and O–H groups in total. The number of nitrogens with one attached hydrogen (secondary N) is 2. The second-order valence-electron chi connectivity index (χ2n) is 4.57. The van der Waals surface area contributed by atoms with Crippen LogP contribution >= 0.6 is 11.6 Å². The number of aliphatic hydroxyl groups is 1. The van der Waals surface area contributed by atoms with Gasteiger partial charge in [-0.25, -0.2) is 0 Å². The highest BCUT2D eigenvalue weighted by atomic mass is 35.5. The molecule has 2 aromatic carbocycles. The van der Waals surface area contributed by atoms with Gasteiger partial charge in [0.05, 0.1) is 6.10 Å². The Morgan fingerprint density at radius 2 is 1.64 bits per heavy atom. The first-order valence-electron chi connectivity index (χ1n) is 6.64. The molecule has 2 amide bonds. The van der Waals surface area contributed by atoms with Gasteiger partial charge in [-0.1, -0.05) is 48.0 Å². The number of carbonyl (C=O) groups is 2. The van der Waals surface area contributed by atoms with Crippen molar-refractivity contribution in [1.82, 2.24) is 5.32 Å². The third kappa shape index (κ3) is 4.31. The van der Waals surface area contributed by atoms with Crippen LogP contribution in [0.1, 0.15) is 11.7 Å². The molecule has 6 heteroatoms. The molecule has 22 heavy (non-hydrogen) atoms. The minimum absolute atomic E-state index is 0.106. The summed E-state index contributed by atoms with van der Waals surface area (Å²) >= 11 is 5.95. The Hall–Kier alpha value is -2.37. The summed E-state index contributed by atoms with van der Waals surface area (Å²) in [7, 11) is 0. The van der Waals surface area contributed by atoms with Crippen LogP contribution in [0.25, 0.3) is 0 Å². The van der Waals surface area contributed by atoms with E-state index in [9.17, 15) is 14.7 Å². The van der Waals surface area contributed by atoms with Gasteiger partial charge in [0.25, 0.3) is 0 Å². The van der Waals surface area contributed by atoms with Gasteiger partial charge in [0, 0.05) is 22.8 Å². The van der Waals surface area contributed by atoms with E-state index >= 15 is 0 Å². The fourth-order valence-corrected chi connectivity index (χ4v) is 2.10. The molecular weight excluding hydrogens is 304 g/mol. The van der Waals surface area contributed by atoms with Gasteiger partial charge in [0.15, 0.2) is 0 Å². The van der Waals surface area contributed by atoms with E-state index in [0.717, 1.165) is 0 Å². The summed E-state index contributed by atoms with van der Waals surface area (Å²) in [4.78, 5) is 23.4. The van der Waals surface area contributed by atoms with Crippen LogP contribution in [0.3, 0.4) is 0 Å². The number of rotatable bonds is 4. The minimum Gasteiger partial charge on any atom is -0.387 e. The number of benzene rings is 2. The minimum atomic E-state index is -0.984. The first-order chi connectivity index (χ1) is 10.6. The maximum Gasteiger partial charge on any atom is 0.313 e. The van der Waals surface area contributed by atoms with Crippen molar-refractivity contribution in [3.8, 4) is 0 Å². The van der Waals surface area contributed by atoms with Crippen LogP contribution in [0.5, 0.6) is 0 Å². The number of carbonyl (C=O) groups excluding carboxylic acids is 2. The van der Waals surface area contributed by atoms with Gasteiger partial charge in [-0.2, -0.15) is 0 Å². The Bertz CT molecular complexity index is 661. The molecule has 5 nitrogen and oxygen atoms in total. The number of halogens is 1. The molecule has 2 rings (SSSR count). The zero-order chi connectivity index (χ0) is 15.9. The van der Waals surface area contributed by atoms with Crippen LogP contribution in [0.15, 0.2) is 54.6 Å². The summed E-state index contributed by atoms with van der Waals surface area (Å²) in [6, 6.07) is 15.4. The molecule has 0 unspecified atom stereocenters. The van der Waals surface area contributed by atoms with E-state index in [1.807, 2.05) is 0 Å². The highest BCUT2D eigenvalue weighted by Crippen LogP contribution is 2.21. The first-order valence-corrected chi connectivity index (χ1v) is 7.02. The Labute approximate surface area is 132 Å². The normalized spacial score (nSPS) is 11.5. The summed E-state index contributed by atoms with van der Waals surface area (Å²) in [5.41, 5.74) is 1.02. The number of hydrogen-bond acceptors (Lipinski definition) is 3.